The summed E-state index contributed by atoms with van der Waals surface area (Å²) in [5.41, 5.74) is 2.30. The Balaban J connectivity index is 2.15. The van der Waals surface area contributed by atoms with Gasteiger partial charge in [-0.25, -0.2) is 0 Å². The quantitative estimate of drug-likeness (QED) is 0.886. The molecule has 1 aromatic carbocycles. The van der Waals surface area contributed by atoms with E-state index in [9.17, 15) is 5.11 Å². The number of hydrogen-bond acceptors (Lipinski definition) is 3. The van der Waals surface area contributed by atoms with Gasteiger partial charge in [0.05, 0.1) is 13.2 Å². The van der Waals surface area contributed by atoms with Gasteiger partial charge >= 0.3 is 0 Å². The van der Waals surface area contributed by atoms with Crippen LogP contribution in [0.25, 0.3) is 0 Å². The largest absolute Gasteiger partial charge is 0.497 e. The van der Waals surface area contributed by atoms with Crippen LogP contribution in [0.2, 0.25) is 0 Å². The molecule has 0 radical (unpaired) electrons. The molecular weight excluding hydrogens is 238 g/mol. The zero-order valence-electron chi connectivity index (χ0n) is 12.2. The number of fused-ring (bicyclic) bond motifs is 1. The smallest absolute Gasteiger partial charge is 0.119 e. The molecule has 0 amide bonds. The van der Waals surface area contributed by atoms with Crippen LogP contribution in [-0.2, 0) is 6.42 Å². The Labute approximate surface area is 116 Å². The molecule has 2 unspecified atom stereocenters. The molecule has 1 N–H and O–H groups in total. The zero-order chi connectivity index (χ0) is 13.8. The lowest BCUT2D eigenvalue weighted by atomic mass is 9.85. The summed E-state index contributed by atoms with van der Waals surface area (Å²) in [7, 11) is 3.79. The molecule has 0 saturated carbocycles. The van der Waals surface area contributed by atoms with Crippen LogP contribution in [-0.4, -0.2) is 36.8 Å². The highest BCUT2D eigenvalue weighted by molar-refractivity contribution is 5.39. The number of methoxy groups -OCH3 is 1. The molecule has 0 bridgehead atoms. The van der Waals surface area contributed by atoms with Crippen LogP contribution in [0.1, 0.15) is 43.4 Å². The highest BCUT2D eigenvalue weighted by Crippen LogP contribution is 2.34. The fraction of sp³-hybridized carbons (Fsp3) is 0.625. The molecule has 1 aliphatic carbocycles. The van der Waals surface area contributed by atoms with E-state index in [0.717, 1.165) is 30.7 Å². The maximum Gasteiger partial charge on any atom is 0.119 e. The van der Waals surface area contributed by atoms with E-state index < -0.39 is 6.10 Å². The molecule has 0 saturated heterocycles. The predicted molar refractivity (Wildman–Crippen MR) is 77.6 cm³/mol. The molecule has 19 heavy (non-hydrogen) atoms. The van der Waals surface area contributed by atoms with Crippen molar-refractivity contribution < 1.29 is 9.84 Å². The number of aliphatic hydroxyl groups excluding tert-OH is 1. The van der Waals surface area contributed by atoms with E-state index in [1.807, 2.05) is 12.1 Å². The van der Waals surface area contributed by atoms with Crippen molar-refractivity contribution in [3.8, 4) is 5.75 Å². The highest BCUT2D eigenvalue weighted by Gasteiger charge is 2.30. The maximum atomic E-state index is 10.6. The monoisotopic (exact) mass is 263 g/mol. The van der Waals surface area contributed by atoms with Crippen LogP contribution in [0.5, 0.6) is 5.75 Å². The van der Waals surface area contributed by atoms with Crippen molar-refractivity contribution in [2.75, 3.05) is 20.7 Å². The van der Waals surface area contributed by atoms with Gasteiger partial charge < -0.3 is 14.7 Å². The molecule has 1 aliphatic rings. The van der Waals surface area contributed by atoms with Gasteiger partial charge in [0, 0.05) is 6.04 Å². The number of likely N-dealkylation sites (N-methyl/N-ethyl adjacent to an activating group) is 1. The van der Waals surface area contributed by atoms with Crippen LogP contribution in [0.3, 0.4) is 0 Å². The highest BCUT2D eigenvalue weighted by atomic mass is 16.5. The second-order valence-corrected chi connectivity index (χ2v) is 5.45. The number of aryl methyl sites for hydroxylation is 1. The maximum absolute atomic E-state index is 10.6. The minimum atomic E-state index is -0.402. The SMILES string of the molecule is CCCCN(C)C1CCc2ccc(OC)cc2C1O. The van der Waals surface area contributed by atoms with E-state index in [0.29, 0.717) is 0 Å². The van der Waals surface area contributed by atoms with Crippen molar-refractivity contribution in [3.63, 3.8) is 0 Å². The number of ether oxygens (including phenoxy) is 1. The van der Waals surface area contributed by atoms with E-state index in [2.05, 4.69) is 24.9 Å². The summed E-state index contributed by atoms with van der Waals surface area (Å²) in [6.07, 6.45) is 4.04. The number of nitrogens with zero attached hydrogens (tertiary/aromatic N) is 1. The Kier molecular flexibility index (Phi) is 4.83. The normalized spacial score (nSPS) is 22.4. The van der Waals surface area contributed by atoms with E-state index in [-0.39, 0.29) is 6.04 Å². The number of unbranched alkanes of at least 4 members (excludes halogenated alkanes) is 1. The first-order valence-electron chi connectivity index (χ1n) is 7.22. The summed E-state index contributed by atoms with van der Waals surface area (Å²) >= 11 is 0. The lowest BCUT2D eigenvalue weighted by molar-refractivity contribution is 0.0492. The van der Waals surface area contributed by atoms with Crippen LogP contribution in [0, 0.1) is 0 Å². The van der Waals surface area contributed by atoms with Crippen molar-refractivity contribution in [2.45, 2.75) is 44.8 Å². The molecule has 0 heterocycles. The van der Waals surface area contributed by atoms with Crippen LogP contribution < -0.4 is 4.74 Å². The van der Waals surface area contributed by atoms with Gasteiger partial charge in [0.1, 0.15) is 5.75 Å². The average Bonchev–Trinajstić information content (AvgIpc) is 2.45. The van der Waals surface area contributed by atoms with Gasteiger partial charge in [-0.15, -0.1) is 0 Å². The van der Waals surface area contributed by atoms with Gasteiger partial charge in [0.25, 0.3) is 0 Å². The van der Waals surface area contributed by atoms with Crippen molar-refractivity contribution in [1.29, 1.82) is 0 Å². The Morgan fingerprint density at radius 3 is 2.89 bits per heavy atom. The molecular formula is C16H25NO2. The molecule has 2 rings (SSSR count). The lowest BCUT2D eigenvalue weighted by Gasteiger charge is -2.36. The average molecular weight is 263 g/mol. The minimum absolute atomic E-state index is 0.228. The third-order valence-corrected chi connectivity index (χ3v) is 4.18. The molecule has 1 aromatic rings. The summed E-state index contributed by atoms with van der Waals surface area (Å²) in [5.74, 6) is 0.828. The first-order valence-corrected chi connectivity index (χ1v) is 7.22. The third kappa shape index (κ3) is 3.10. The van der Waals surface area contributed by atoms with Crippen molar-refractivity contribution >= 4 is 0 Å². The van der Waals surface area contributed by atoms with Gasteiger partial charge in [0.15, 0.2) is 0 Å². The molecule has 106 valence electrons. The zero-order valence-corrected chi connectivity index (χ0v) is 12.2. The van der Waals surface area contributed by atoms with Gasteiger partial charge in [-0.3, -0.25) is 0 Å². The van der Waals surface area contributed by atoms with Crippen LogP contribution in [0.15, 0.2) is 18.2 Å². The number of benzene rings is 1. The predicted octanol–water partition coefficient (Wildman–Crippen LogP) is 2.78. The van der Waals surface area contributed by atoms with Crippen LogP contribution >= 0.6 is 0 Å². The molecule has 0 fully saturated rings. The molecule has 3 nitrogen and oxygen atoms in total. The van der Waals surface area contributed by atoms with Crippen molar-refractivity contribution in [1.82, 2.24) is 4.90 Å². The first kappa shape index (κ1) is 14.4. The summed E-state index contributed by atoms with van der Waals surface area (Å²) in [6, 6.07) is 6.28. The second-order valence-electron chi connectivity index (χ2n) is 5.45. The Bertz CT molecular complexity index is 419. The topological polar surface area (TPSA) is 32.7 Å². The van der Waals surface area contributed by atoms with E-state index >= 15 is 0 Å². The molecule has 0 aliphatic heterocycles. The molecule has 2 atom stereocenters. The Morgan fingerprint density at radius 1 is 1.42 bits per heavy atom. The summed E-state index contributed by atoms with van der Waals surface area (Å²) < 4.78 is 5.26. The van der Waals surface area contributed by atoms with Crippen molar-refractivity contribution in [3.05, 3.63) is 29.3 Å². The Morgan fingerprint density at radius 2 is 2.21 bits per heavy atom. The van der Waals surface area contributed by atoms with Crippen LogP contribution in [0.4, 0.5) is 0 Å². The first-order chi connectivity index (χ1) is 9.17. The Hall–Kier alpha value is -1.06. The third-order valence-electron chi connectivity index (χ3n) is 4.18. The number of rotatable bonds is 5. The minimum Gasteiger partial charge on any atom is -0.497 e. The van der Waals surface area contributed by atoms with Crippen molar-refractivity contribution in [2.24, 2.45) is 0 Å². The number of aliphatic hydroxyl groups is 1. The standard InChI is InChI=1S/C16H25NO2/c1-4-5-10-17(2)15-9-7-12-6-8-13(19-3)11-14(12)16(15)18/h6,8,11,15-16,18H,4-5,7,9-10H2,1-3H3. The van der Waals surface area contributed by atoms with E-state index in [4.69, 9.17) is 4.74 Å². The molecule has 0 spiro atoms. The lowest BCUT2D eigenvalue weighted by Crippen LogP contribution is -2.40. The molecule has 0 aromatic heterocycles. The summed E-state index contributed by atoms with van der Waals surface area (Å²) in [4.78, 5) is 2.30. The van der Waals surface area contributed by atoms with E-state index in [1.54, 1.807) is 7.11 Å². The molecule has 3 heteroatoms. The van der Waals surface area contributed by atoms with Gasteiger partial charge in [-0.1, -0.05) is 19.4 Å². The number of hydrogen-bond donors (Lipinski definition) is 1. The van der Waals surface area contributed by atoms with Gasteiger partial charge in [0.2, 0.25) is 0 Å². The summed E-state index contributed by atoms with van der Waals surface area (Å²) in [6.45, 7) is 3.25. The fourth-order valence-corrected chi connectivity index (χ4v) is 2.91. The summed E-state index contributed by atoms with van der Waals surface area (Å²) in [5, 5.41) is 10.6. The second kappa shape index (κ2) is 6.40. The van der Waals surface area contributed by atoms with E-state index in [1.165, 1.54) is 18.4 Å². The van der Waals surface area contributed by atoms with Gasteiger partial charge in [-0.2, -0.15) is 0 Å². The van der Waals surface area contributed by atoms with Gasteiger partial charge in [-0.05, 0) is 56.1 Å². The fourth-order valence-electron chi connectivity index (χ4n) is 2.91.